The third kappa shape index (κ3) is 2.46. The Labute approximate surface area is 121 Å². The highest BCUT2D eigenvalue weighted by Gasteiger charge is 2.40. The molecule has 1 aliphatic carbocycles. The molecule has 0 amide bonds. The summed E-state index contributed by atoms with van der Waals surface area (Å²) < 4.78 is 0. The summed E-state index contributed by atoms with van der Waals surface area (Å²) in [5, 5.41) is 9.03. The van der Waals surface area contributed by atoms with Gasteiger partial charge in [0.05, 0.1) is 11.6 Å². The van der Waals surface area contributed by atoms with E-state index in [1.54, 1.807) is 0 Å². The minimum Gasteiger partial charge on any atom is -0.327 e. The van der Waals surface area contributed by atoms with Crippen molar-refractivity contribution in [1.82, 2.24) is 4.90 Å². The lowest BCUT2D eigenvalue weighted by Crippen LogP contribution is -2.38. The second kappa shape index (κ2) is 5.55. The smallest absolute Gasteiger partial charge is 0.0991 e. The molecule has 4 atom stereocenters. The molecule has 106 valence electrons. The van der Waals surface area contributed by atoms with Crippen molar-refractivity contribution >= 4 is 0 Å². The number of rotatable bonds is 2. The summed E-state index contributed by atoms with van der Waals surface area (Å²) in [7, 11) is 0. The summed E-state index contributed by atoms with van der Waals surface area (Å²) in [5.74, 6) is 1.45. The fraction of sp³-hybridized carbons (Fsp3) is 0.588. The predicted molar refractivity (Wildman–Crippen MR) is 80.0 cm³/mol. The third-order valence-electron chi connectivity index (χ3n) is 5.23. The van der Waals surface area contributed by atoms with Gasteiger partial charge in [-0.15, -0.1) is 0 Å². The normalized spacial score (nSPS) is 31.6. The zero-order chi connectivity index (χ0) is 14.1. The van der Waals surface area contributed by atoms with Gasteiger partial charge in [0.15, 0.2) is 0 Å². The first-order valence-corrected chi connectivity index (χ1v) is 7.68. The average molecular weight is 269 g/mol. The number of nitrogens with two attached hydrogens (primary N) is 1. The maximum absolute atomic E-state index is 9.03. The Balaban J connectivity index is 1.75. The van der Waals surface area contributed by atoms with Crippen LogP contribution in [0.5, 0.6) is 0 Å². The average Bonchev–Trinajstić information content (AvgIpc) is 2.92. The van der Waals surface area contributed by atoms with Crippen LogP contribution < -0.4 is 5.73 Å². The summed E-state index contributed by atoms with van der Waals surface area (Å²) in [4.78, 5) is 2.55. The van der Waals surface area contributed by atoms with Crippen molar-refractivity contribution in [2.45, 2.75) is 38.3 Å². The number of nitrogens with zero attached hydrogens (tertiary/aromatic N) is 2. The Morgan fingerprint density at radius 2 is 2.20 bits per heavy atom. The molecular weight excluding hydrogens is 246 g/mol. The number of nitriles is 1. The maximum atomic E-state index is 9.03. The quantitative estimate of drug-likeness (QED) is 0.898. The van der Waals surface area contributed by atoms with Crippen molar-refractivity contribution in [2.24, 2.45) is 17.6 Å². The SMILES string of the molecule is CC(c1cccc(C#N)c1)N1CC2CCCC(N)C2C1. The first kappa shape index (κ1) is 13.6. The second-order valence-corrected chi connectivity index (χ2v) is 6.39. The Morgan fingerprint density at radius 1 is 1.35 bits per heavy atom. The van der Waals surface area contributed by atoms with Crippen LogP contribution in [0.2, 0.25) is 0 Å². The summed E-state index contributed by atoms with van der Waals surface area (Å²) in [6.07, 6.45) is 3.81. The van der Waals surface area contributed by atoms with Crippen molar-refractivity contribution in [3.05, 3.63) is 35.4 Å². The molecule has 2 aliphatic rings. The van der Waals surface area contributed by atoms with E-state index in [0.717, 1.165) is 24.6 Å². The molecular formula is C17H23N3. The van der Waals surface area contributed by atoms with E-state index in [0.29, 0.717) is 18.0 Å². The lowest BCUT2D eigenvalue weighted by Gasteiger charge is -2.30. The molecule has 3 heteroatoms. The number of fused-ring (bicyclic) bond motifs is 1. The third-order valence-corrected chi connectivity index (χ3v) is 5.23. The number of likely N-dealkylation sites (tertiary alicyclic amines) is 1. The van der Waals surface area contributed by atoms with Crippen molar-refractivity contribution in [2.75, 3.05) is 13.1 Å². The summed E-state index contributed by atoms with van der Waals surface area (Å²) in [6.45, 7) is 4.53. The molecule has 1 aromatic carbocycles. The Morgan fingerprint density at radius 3 is 2.95 bits per heavy atom. The van der Waals surface area contributed by atoms with Gasteiger partial charge in [0.1, 0.15) is 0 Å². The lowest BCUT2D eigenvalue weighted by molar-refractivity contribution is 0.245. The van der Waals surface area contributed by atoms with Crippen LogP contribution in [0.1, 0.15) is 43.4 Å². The molecule has 1 heterocycles. The summed E-state index contributed by atoms with van der Waals surface area (Å²) >= 11 is 0. The van der Waals surface area contributed by atoms with Crippen molar-refractivity contribution in [3.63, 3.8) is 0 Å². The van der Waals surface area contributed by atoms with Crippen LogP contribution in [0.25, 0.3) is 0 Å². The van der Waals surface area contributed by atoms with E-state index >= 15 is 0 Å². The molecule has 1 aliphatic heterocycles. The molecule has 3 nitrogen and oxygen atoms in total. The molecule has 0 radical (unpaired) electrons. The van der Waals surface area contributed by atoms with E-state index in [2.05, 4.69) is 24.0 Å². The van der Waals surface area contributed by atoms with E-state index in [4.69, 9.17) is 11.0 Å². The van der Waals surface area contributed by atoms with Crippen molar-refractivity contribution in [1.29, 1.82) is 5.26 Å². The highest BCUT2D eigenvalue weighted by molar-refractivity contribution is 5.34. The largest absolute Gasteiger partial charge is 0.327 e. The lowest BCUT2D eigenvalue weighted by atomic mass is 9.78. The molecule has 2 fully saturated rings. The molecule has 3 rings (SSSR count). The van der Waals surface area contributed by atoms with Gasteiger partial charge in [0.25, 0.3) is 0 Å². The molecule has 0 aromatic heterocycles. The van der Waals surface area contributed by atoms with Gasteiger partial charge in [-0.2, -0.15) is 5.26 Å². The predicted octanol–water partition coefficient (Wildman–Crippen LogP) is 2.68. The molecule has 1 saturated carbocycles. The van der Waals surface area contributed by atoms with Gasteiger partial charge in [0.2, 0.25) is 0 Å². The van der Waals surface area contributed by atoms with Gasteiger partial charge in [-0.1, -0.05) is 18.6 Å². The molecule has 1 aromatic rings. The minimum absolute atomic E-state index is 0.376. The topological polar surface area (TPSA) is 53.0 Å². The number of benzene rings is 1. The van der Waals surface area contributed by atoms with Gasteiger partial charge in [-0.3, -0.25) is 4.90 Å². The first-order valence-electron chi connectivity index (χ1n) is 7.68. The summed E-state index contributed by atoms with van der Waals surface area (Å²) in [5.41, 5.74) is 8.30. The van der Waals surface area contributed by atoms with Gasteiger partial charge in [-0.25, -0.2) is 0 Å². The van der Waals surface area contributed by atoms with Gasteiger partial charge < -0.3 is 5.73 Å². The monoisotopic (exact) mass is 269 g/mol. The van der Waals surface area contributed by atoms with E-state index in [-0.39, 0.29) is 0 Å². The standard InChI is InChI=1S/C17H23N3/c1-12(14-5-2-4-13(8-14)9-18)20-10-15-6-3-7-17(19)16(15)11-20/h2,4-5,8,12,15-17H,3,6-7,10-11,19H2,1H3. The van der Waals surface area contributed by atoms with Crippen molar-refractivity contribution in [3.8, 4) is 6.07 Å². The van der Waals surface area contributed by atoms with Crippen LogP contribution in [0.4, 0.5) is 0 Å². The molecule has 0 spiro atoms. The molecule has 2 N–H and O–H groups in total. The molecule has 20 heavy (non-hydrogen) atoms. The van der Waals surface area contributed by atoms with Crippen LogP contribution in [0.3, 0.4) is 0 Å². The van der Waals surface area contributed by atoms with E-state index < -0.39 is 0 Å². The van der Waals surface area contributed by atoms with E-state index in [9.17, 15) is 0 Å². The first-order chi connectivity index (χ1) is 9.69. The van der Waals surface area contributed by atoms with Crippen LogP contribution in [0, 0.1) is 23.2 Å². The highest BCUT2D eigenvalue weighted by Crippen LogP contribution is 2.38. The van der Waals surface area contributed by atoms with Crippen LogP contribution in [-0.4, -0.2) is 24.0 Å². The minimum atomic E-state index is 0.376. The summed E-state index contributed by atoms with van der Waals surface area (Å²) in [6, 6.07) is 11.0. The zero-order valence-electron chi connectivity index (χ0n) is 12.1. The highest BCUT2D eigenvalue weighted by atomic mass is 15.2. The zero-order valence-corrected chi connectivity index (χ0v) is 12.1. The van der Waals surface area contributed by atoms with E-state index in [1.807, 2.05) is 18.2 Å². The molecule has 4 unspecified atom stereocenters. The van der Waals surface area contributed by atoms with Gasteiger partial charge >= 0.3 is 0 Å². The second-order valence-electron chi connectivity index (χ2n) is 6.39. The van der Waals surface area contributed by atoms with Gasteiger partial charge in [-0.05, 0) is 49.3 Å². The van der Waals surface area contributed by atoms with E-state index in [1.165, 1.54) is 24.8 Å². The van der Waals surface area contributed by atoms with Crippen LogP contribution in [0.15, 0.2) is 24.3 Å². The van der Waals surface area contributed by atoms with Crippen LogP contribution in [-0.2, 0) is 0 Å². The maximum Gasteiger partial charge on any atom is 0.0991 e. The Bertz CT molecular complexity index is 519. The fourth-order valence-electron chi connectivity index (χ4n) is 3.95. The fourth-order valence-corrected chi connectivity index (χ4v) is 3.95. The van der Waals surface area contributed by atoms with Crippen LogP contribution >= 0.6 is 0 Å². The number of hydrogen-bond acceptors (Lipinski definition) is 3. The van der Waals surface area contributed by atoms with Crippen molar-refractivity contribution < 1.29 is 0 Å². The Hall–Kier alpha value is -1.37. The number of hydrogen-bond donors (Lipinski definition) is 1. The van der Waals surface area contributed by atoms with Gasteiger partial charge in [0, 0.05) is 25.2 Å². The molecule has 1 saturated heterocycles. The Kier molecular flexibility index (Phi) is 3.78. The molecule has 0 bridgehead atoms.